The number of benzene rings is 1. The van der Waals surface area contributed by atoms with Gasteiger partial charge in [0, 0.05) is 17.1 Å². The van der Waals surface area contributed by atoms with E-state index >= 15 is 0 Å². The maximum Gasteiger partial charge on any atom is 0.178 e. The van der Waals surface area contributed by atoms with E-state index in [1.54, 1.807) is 18.2 Å². The van der Waals surface area contributed by atoms with Crippen LogP contribution in [0.4, 0.5) is 0 Å². The number of halogens is 1. The SMILES string of the molecule is CC(C)NC1CCCS(=O)(=O)c2ccc(Cl)cc21. The lowest BCUT2D eigenvalue weighted by Crippen LogP contribution is -2.28. The zero-order chi connectivity index (χ0) is 13.3. The van der Waals surface area contributed by atoms with E-state index in [9.17, 15) is 8.42 Å². The summed E-state index contributed by atoms with van der Waals surface area (Å²) in [5, 5.41) is 4.00. The van der Waals surface area contributed by atoms with Gasteiger partial charge in [0.25, 0.3) is 0 Å². The maximum absolute atomic E-state index is 12.2. The van der Waals surface area contributed by atoms with Crippen molar-refractivity contribution in [3.8, 4) is 0 Å². The molecule has 1 aliphatic rings. The monoisotopic (exact) mass is 287 g/mol. The van der Waals surface area contributed by atoms with Crippen molar-refractivity contribution in [1.82, 2.24) is 5.32 Å². The van der Waals surface area contributed by atoms with Crippen LogP contribution >= 0.6 is 11.6 Å². The first-order valence-electron chi connectivity index (χ1n) is 6.18. The van der Waals surface area contributed by atoms with Crippen molar-refractivity contribution in [2.75, 3.05) is 5.75 Å². The topological polar surface area (TPSA) is 46.2 Å². The Balaban J connectivity index is 2.52. The van der Waals surface area contributed by atoms with Gasteiger partial charge in [-0.15, -0.1) is 0 Å². The van der Waals surface area contributed by atoms with Gasteiger partial charge in [-0.2, -0.15) is 0 Å². The van der Waals surface area contributed by atoms with Crippen LogP contribution in [-0.2, 0) is 9.84 Å². The lowest BCUT2D eigenvalue weighted by atomic mass is 10.0. The molecule has 0 bridgehead atoms. The molecular weight excluding hydrogens is 270 g/mol. The van der Waals surface area contributed by atoms with Crippen molar-refractivity contribution in [2.24, 2.45) is 0 Å². The molecule has 0 saturated carbocycles. The summed E-state index contributed by atoms with van der Waals surface area (Å²) < 4.78 is 24.3. The summed E-state index contributed by atoms with van der Waals surface area (Å²) in [6, 6.07) is 5.43. The van der Waals surface area contributed by atoms with E-state index in [0.717, 1.165) is 12.0 Å². The second-order valence-corrected chi connectivity index (χ2v) is 7.53. The minimum Gasteiger partial charge on any atom is -0.308 e. The third-order valence-electron chi connectivity index (χ3n) is 3.12. The number of hydrogen-bond donors (Lipinski definition) is 1. The summed E-state index contributed by atoms with van der Waals surface area (Å²) in [5.74, 6) is 0.220. The van der Waals surface area contributed by atoms with Crippen molar-refractivity contribution in [3.63, 3.8) is 0 Å². The fourth-order valence-corrected chi connectivity index (χ4v) is 4.18. The summed E-state index contributed by atoms with van der Waals surface area (Å²) in [6.45, 7) is 4.12. The largest absolute Gasteiger partial charge is 0.308 e. The highest BCUT2D eigenvalue weighted by Gasteiger charge is 2.27. The Bertz CT molecular complexity index is 540. The van der Waals surface area contributed by atoms with E-state index < -0.39 is 9.84 Å². The van der Waals surface area contributed by atoms with Gasteiger partial charge in [0.15, 0.2) is 9.84 Å². The predicted octanol–water partition coefficient (Wildman–Crippen LogP) is 2.95. The van der Waals surface area contributed by atoms with Gasteiger partial charge < -0.3 is 5.32 Å². The minimum absolute atomic E-state index is 0.0657. The van der Waals surface area contributed by atoms with Crippen LogP contribution in [-0.4, -0.2) is 20.2 Å². The van der Waals surface area contributed by atoms with Crippen LogP contribution in [0, 0.1) is 0 Å². The zero-order valence-electron chi connectivity index (χ0n) is 10.6. The van der Waals surface area contributed by atoms with Crippen LogP contribution in [0.5, 0.6) is 0 Å². The Morgan fingerprint density at radius 1 is 1.39 bits per heavy atom. The molecule has 1 atom stereocenters. The van der Waals surface area contributed by atoms with E-state index in [2.05, 4.69) is 19.2 Å². The Labute approximate surface area is 113 Å². The van der Waals surface area contributed by atoms with Gasteiger partial charge in [0.1, 0.15) is 0 Å². The number of nitrogens with one attached hydrogen (secondary N) is 1. The summed E-state index contributed by atoms with van der Waals surface area (Å²) in [7, 11) is -3.16. The first-order chi connectivity index (χ1) is 8.40. The Hall–Kier alpha value is -0.580. The van der Waals surface area contributed by atoms with Gasteiger partial charge >= 0.3 is 0 Å². The van der Waals surface area contributed by atoms with Gasteiger partial charge in [0.05, 0.1) is 10.6 Å². The number of rotatable bonds is 2. The van der Waals surface area contributed by atoms with Crippen molar-refractivity contribution in [3.05, 3.63) is 28.8 Å². The Kier molecular flexibility index (Phi) is 3.99. The average Bonchev–Trinajstić information content (AvgIpc) is 2.36. The number of hydrogen-bond acceptors (Lipinski definition) is 3. The van der Waals surface area contributed by atoms with Crippen LogP contribution < -0.4 is 5.32 Å². The van der Waals surface area contributed by atoms with Crippen LogP contribution in [0.1, 0.15) is 38.3 Å². The molecule has 1 aromatic rings. The van der Waals surface area contributed by atoms with Crippen LogP contribution in [0.15, 0.2) is 23.1 Å². The molecule has 0 radical (unpaired) electrons. The summed E-state index contributed by atoms with van der Waals surface area (Å²) in [4.78, 5) is 0.433. The van der Waals surface area contributed by atoms with Crippen molar-refractivity contribution in [2.45, 2.75) is 43.7 Å². The molecule has 0 saturated heterocycles. The molecule has 1 aromatic carbocycles. The molecule has 1 unspecified atom stereocenters. The van der Waals surface area contributed by atoms with E-state index in [-0.39, 0.29) is 11.8 Å². The molecule has 1 N–H and O–H groups in total. The lowest BCUT2D eigenvalue weighted by molar-refractivity contribution is 0.447. The normalized spacial score (nSPS) is 22.6. The highest BCUT2D eigenvalue weighted by atomic mass is 35.5. The van der Waals surface area contributed by atoms with E-state index in [0.29, 0.717) is 22.4 Å². The standard InChI is InChI=1S/C13H18ClNO2S/c1-9(2)15-12-4-3-7-18(16,17)13-6-5-10(14)8-11(12)13/h5-6,8-9,12,15H,3-4,7H2,1-2H3. The van der Waals surface area contributed by atoms with Crippen LogP contribution in [0.25, 0.3) is 0 Å². The maximum atomic E-state index is 12.2. The molecule has 3 nitrogen and oxygen atoms in total. The fourth-order valence-electron chi connectivity index (χ4n) is 2.39. The molecule has 18 heavy (non-hydrogen) atoms. The quantitative estimate of drug-likeness (QED) is 0.910. The Morgan fingerprint density at radius 3 is 2.78 bits per heavy atom. The van der Waals surface area contributed by atoms with Gasteiger partial charge in [0.2, 0.25) is 0 Å². The first kappa shape index (κ1) is 13.8. The molecule has 1 aliphatic heterocycles. The fraction of sp³-hybridized carbons (Fsp3) is 0.538. The molecule has 0 amide bonds. The van der Waals surface area contributed by atoms with Crippen molar-refractivity contribution in [1.29, 1.82) is 0 Å². The third-order valence-corrected chi connectivity index (χ3v) is 5.23. The van der Waals surface area contributed by atoms with Gasteiger partial charge in [-0.3, -0.25) is 0 Å². The average molecular weight is 288 g/mol. The smallest absolute Gasteiger partial charge is 0.178 e. The second kappa shape index (κ2) is 5.19. The van der Waals surface area contributed by atoms with E-state index in [1.165, 1.54) is 0 Å². The summed E-state index contributed by atoms with van der Waals surface area (Å²) >= 11 is 6.00. The Morgan fingerprint density at radius 2 is 2.11 bits per heavy atom. The second-order valence-electron chi connectivity index (χ2n) is 5.02. The van der Waals surface area contributed by atoms with Crippen molar-refractivity contribution >= 4 is 21.4 Å². The molecule has 0 spiro atoms. The molecule has 2 rings (SSSR count). The van der Waals surface area contributed by atoms with Crippen molar-refractivity contribution < 1.29 is 8.42 Å². The molecule has 0 fully saturated rings. The first-order valence-corrected chi connectivity index (χ1v) is 8.21. The van der Waals surface area contributed by atoms with E-state index in [1.807, 2.05) is 0 Å². The van der Waals surface area contributed by atoms with Crippen LogP contribution in [0.2, 0.25) is 5.02 Å². The highest BCUT2D eigenvalue weighted by Crippen LogP contribution is 2.33. The van der Waals surface area contributed by atoms with Gasteiger partial charge in [-0.25, -0.2) is 8.42 Å². The van der Waals surface area contributed by atoms with Crippen LogP contribution in [0.3, 0.4) is 0 Å². The number of sulfone groups is 1. The molecular formula is C13H18ClNO2S. The third kappa shape index (κ3) is 2.87. The predicted molar refractivity (Wildman–Crippen MR) is 73.8 cm³/mol. The molecule has 0 aliphatic carbocycles. The highest BCUT2D eigenvalue weighted by molar-refractivity contribution is 7.91. The minimum atomic E-state index is -3.16. The summed E-state index contributed by atoms with van der Waals surface area (Å²) in [6.07, 6.45) is 1.50. The van der Waals surface area contributed by atoms with Gasteiger partial charge in [-0.1, -0.05) is 25.4 Å². The number of fused-ring (bicyclic) bond motifs is 1. The van der Waals surface area contributed by atoms with E-state index in [4.69, 9.17) is 11.6 Å². The summed E-state index contributed by atoms with van der Waals surface area (Å²) in [5.41, 5.74) is 0.814. The zero-order valence-corrected chi connectivity index (χ0v) is 12.2. The lowest BCUT2D eigenvalue weighted by Gasteiger charge is -2.21. The van der Waals surface area contributed by atoms with Gasteiger partial charge in [-0.05, 0) is 36.6 Å². The molecule has 100 valence electrons. The molecule has 1 heterocycles. The molecule has 0 aromatic heterocycles. The molecule has 5 heteroatoms.